The molecule has 0 radical (unpaired) electrons. The molecule has 8 heteroatoms. The standard InChI is InChI=1S/C21H22N6O2/c1-21(8-9-21)20(29)26-12-10-25(11-13-26)19(28)16-4-2-15(3-5-16)17-6-7-18-23-22-14-27(18)24-17/h2-7,14H,8-13H2,1H3. The van der Waals surface area contributed by atoms with E-state index < -0.39 is 0 Å². The van der Waals surface area contributed by atoms with Crippen LogP contribution in [0.2, 0.25) is 0 Å². The van der Waals surface area contributed by atoms with Gasteiger partial charge in [-0.3, -0.25) is 9.59 Å². The lowest BCUT2D eigenvalue weighted by atomic mass is 10.1. The summed E-state index contributed by atoms with van der Waals surface area (Å²) in [4.78, 5) is 29.1. The van der Waals surface area contributed by atoms with Gasteiger partial charge in [-0.1, -0.05) is 19.1 Å². The number of aromatic nitrogens is 4. The minimum Gasteiger partial charge on any atom is -0.339 e. The van der Waals surface area contributed by atoms with E-state index in [0.717, 1.165) is 24.1 Å². The first-order chi connectivity index (χ1) is 14.0. The molecule has 29 heavy (non-hydrogen) atoms. The van der Waals surface area contributed by atoms with Gasteiger partial charge in [0.2, 0.25) is 5.91 Å². The van der Waals surface area contributed by atoms with Gasteiger partial charge in [-0.15, -0.1) is 10.2 Å². The Morgan fingerprint density at radius 1 is 0.931 bits per heavy atom. The highest BCUT2D eigenvalue weighted by molar-refractivity contribution is 5.95. The molecule has 3 aromatic rings. The molecule has 0 atom stereocenters. The average Bonchev–Trinajstić information content (AvgIpc) is 3.34. The van der Waals surface area contributed by atoms with E-state index in [4.69, 9.17) is 0 Å². The Hall–Kier alpha value is -3.29. The molecule has 8 nitrogen and oxygen atoms in total. The van der Waals surface area contributed by atoms with E-state index in [2.05, 4.69) is 15.3 Å². The maximum atomic E-state index is 12.9. The van der Waals surface area contributed by atoms with Crippen molar-refractivity contribution in [2.24, 2.45) is 5.41 Å². The zero-order chi connectivity index (χ0) is 20.0. The highest BCUT2D eigenvalue weighted by atomic mass is 16.2. The number of piperazine rings is 1. The number of hydrogen-bond donors (Lipinski definition) is 0. The first-order valence-corrected chi connectivity index (χ1v) is 9.90. The Morgan fingerprint density at radius 2 is 1.62 bits per heavy atom. The predicted octanol–water partition coefficient (Wildman–Crippen LogP) is 1.88. The predicted molar refractivity (Wildman–Crippen MR) is 106 cm³/mol. The zero-order valence-electron chi connectivity index (χ0n) is 16.3. The minimum atomic E-state index is -0.147. The maximum absolute atomic E-state index is 12.9. The molecular weight excluding hydrogens is 368 g/mol. The molecule has 5 rings (SSSR count). The zero-order valence-corrected chi connectivity index (χ0v) is 16.3. The van der Waals surface area contributed by atoms with Gasteiger partial charge in [0.05, 0.1) is 5.69 Å². The third-order valence-corrected chi connectivity index (χ3v) is 5.96. The van der Waals surface area contributed by atoms with Crippen LogP contribution in [0, 0.1) is 5.41 Å². The van der Waals surface area contributed by atoms with E-state index in [-0.39, 0.29) is 17.2 Å². The molecule has 2 amide bonds. The smallest absolute Gasteiger partial charge is 0.253 e. The summed E-state index contributed by atoms with van der Waals surface area (Å²) in [5.74, 6) is 0.245. The number of nitrogens with zero attached hydrogens (tertiary/aromatic N) is 6. The fourth-order valence-electron chi connectivity index (χ4n) is 3.74. The minimum absolute atomic E-state index is 0.00324. The van der Waals surface area contributed by atoms with Crippen LogP contribution in [0.1, 0.15) is 30.1 Å². The molecule has 0 unspecified atom stereocenters. The topological polar surface area (TPSA) is 83.7 Å². The van der Waals surface area contributed by atoms with E-state index in [0.29, 0.717) is 37.4 Å². The molecule has 0 spiro atoms. The van der Waals surface area contributed by atoms with Crippen molar-refractivity contribution in [1.82, 2.24) is 29.6 Å². The van der Waals surface area contributed by atoms with Crippen molar-refractivity contribution in [3.8, 4) is 11.3 Å². The van der Waals surface area contributed by atoms with Gasteiger partial charge in [0, 0.05) is 42.7 Å². The summed E-state index contributed by atoms with van der Waals surface area (Å²) in [6.07, 6.45) is 3.53. The van der Waals surface area contributed by atoms with Crippen LogP contribution in [0.15, 0.2) is 42.7 Å². The summed E-state index contributed by atoms with van der Waals surface area (Å²) in [6, 6.07) is 11.2. The highest BCUT2D eigenvalue weighted by Crippen LogP contribution is 2.46. The number of rotatable bonds is 3. The Labute approximate surface area is 168 Å². The van der Waals surface area contributed by atoms with Crippen LogP contribution in [-0.4, -0.2) is 67.6 Å². The van der Waals surface area contributed by atoms with Gasteiger partial charge in [-0.25, -0.2) is 0 Å². The van der Waals surface area contributed by atoms with Crippen molar-refractivity contribution >= 4 is 17.5 Å². The van der Waals surface area contributed by atoms with Crippen LogP contribution in [-0.2, 0) is 4.79 Å². The average molecular weight is 390 g/mol. The second-order valence-corrected chi connectivity index (χ2v) is 8.07. The second kappa shape index (κ2) is 6.65. The summed E-state index contributed by atoms with van der Waals surface area (Å²) < 4.78 is 1.62. The molecule has 2 aliphatic rings. The van der Waals surface area contributed by atoms with E-state index in [1.165, 1.54) is 0 Å². The fourth-order valence-corrected chi connectivity index (χ4v) is 3.74. The summed E-state index contributed by atoms with van der Waals surface area (Å²) in [6.45, 7) is 4.41. The Kier molecular flexibility index (Phi) is 4.08. The molecule has 2 fully saturated rings. The normalized spacial score (nSPS) is 18.1. The van der Waals surface area contributed by atoms with E-state index in [1.54, 1.807) is 10.8 Å². The Balaban J connectivity index is 1.25. The maximum Gasteiger partial charge on any atom is 0.253 e. The first kappa shape index (κ1) is 17.8. The van der Waals surface area contributed by atoms with Gasteiger partial charge in [-0.2, -0.15) is 9.61 Å². The SMILES string of the molecule is CC1(C(=O)N2CCN(C(=O)c3ccc(-c4ccc5nncn5n4)cc3)CC2)CC1. The lowest BCUT2D eigenvalue weighted by Gasteiger charge is -2.36. The monoisotopic (exact) mass is 390 g/mol. The van der Waals surface area contributed by atoms with Crippen molar-refractivity contribution in [2.45, 2.75) is 19.8 Å². The number of hydrogen-bond acceptors (Lipinski definition) is 5. The molecule has 1 aliphatic heterocycles. The van der Waals surface area contributed by atoms with E-state index in [9.17, 15) is 9.59 Å². The lowest BCUT2D eigenvalue weighted by Crippen LogP contribution is -2.52. The van der Waals surface area contributed by atoms with Gasteiger partial charge < -0.3 is 9.80 Å². The summed E-state index contributed by atoms with van der Waals surface area (Å²) in [7, 11) is 0. The van der Waals surface area contributed by atoms with Crippen LogP contribution in [0.5, 0.6) is 0 Å². The molecule has 0 bridgehead atoms. The number of benzene rings is 1. The second-order valence-electron chi connectivity index (χ2n) is 8.07. The number of carbonyl (C=O) groups excluding carboxylic acids is 2. The van der Waals surface area contributed by atoms with Gasteiger partial charge in [0.1, 0.15) is 6.33 Å². The fraction of sp³-hybridized carbons (Fsp3) is 0.381. The summed E-state index contributed by atoms with van der Waals surface area (Å²) in [5, 5.41) is 12.3. The van der Waals surface area contributed by atoms with Crippen LogP contribution in [0.25, 0.3) is 16.9 Å². The highest BCUT2D eigenvalue weighted by Gasteiger charge is 2.47. The van der Waals surface area contributed by atoms with Crippen molar-refractivity contribution in [3.05, 3.63) is 48.3 Å². The van der Waals surface area contributed by atoms with Crippen molar-refractivity contribution in [3.63, 3.8) is 0 Å². The van der Waals surface area contributed by atoms with Gasteiger partial charge in [0.25, 0.3) is 5.91 Å². The number of amides is 2. The molecule has 1 saturated carbocycles. The molecule has 1 saturated heterocycles. The Morgan fingerprint density at radius 3 is 2.31 bits per heavy atom. The van der Waals surface area contributed by atoms with Crippen LogP contribution in [0.3, 0.4) is 0 Å². The summed E-state index contributed by atoms with van der Waals surface area (Å²) in [5.41, 5.74) is 2.90. The molecule has 3 heterocycles. The third-order valence-electron chi connectivity index (χ3n) is 5.96. The third kappa shape index (κ3) is 3.24. The van der Waals surface area contributed by atoms with Gasteiger partial charge in [0.15, 0.2) is 5.65 Å². The quantitative estimate of drug-likeness (QED) is 0.682. The molecule has 1 aliphatic carbocycles. The van der Waals surface area contributed by atoms with Crippen LogP contribution >= 0.6 is 0 Å². The Bertz CT molecular complexity index is 1080. The molecule has 148 valence electrons. The molecule has 1 aromatic carbocycles. The van der Waals surface area contributed by atoms with Crippen molar-refractivity contribution in [1.29, 1.82) is 0 Å². The largest absolute Gasteiger partial charge is 0.339 e. The van der Waals surface area contributed by atoms with Gasteiger partial charge >= 0.3 is 0 Å². The van der Waals surface area contributed by atoms with E-state index >= 15 is 0 Å². The van der Waals surface area contributed by atoms with Gasteiger partial charge in [-0.05, 0) is 37.1 Å². The lowest BCUT2D eigenvalue weighted by molar-refractivity contribution is -0.137. The number of carbonyl (C=O) groups is 2. The molecule has 0 N–H and O–H groups in total. The molecule has 2 aromatic heterocycles. The first-order valence-electron chi connectivity index (χ1n) is 9.90. The summed E-state index contributed by atoms with van der Waals surface area (Å²) >= 11 is 0. The van der Waals surface area contributed by atoms with Crippen molar-refractivity contribution < 1.29 is 9.59 Å². The molecular formula is C21H22N6O2. The van der Waals surface area contributed by atoms with Crippen LogP contribution < -0.4 is 0 Å². The van der Waals surface area contributed by atoms with Crippen molar-refractivity contribution in [2.75, 3.05) is 26.2 Å². The van der Waals surface area contributed by atoms with E-state index in [1.807, 2.05) is 53.1 Å². The van der Waals surface area contributed by atoms with Crippen LogP contribution in [0.4, 0.5) is 0 Å². The number of fused-ring (bicyclic) bond motifs is 1.